The van der Waals surface area contributed by atoms with Crippen LogP contribution in [-0.4, -0.2) is 41.2 Å². The maximum Gasteiger partial charge on any atom is 0.243 e. The summed E-state index contributed by atoms with van der Waals surface area (Å²) in [6, 6.07) is 8.12. The molecular formula is C23H27FN2O2S. The Bertz CT molecular complexity index is 862. The standard InChI is InChI=1S/C23H27FN2O2S/c1-3-5-6-21(27)25(13-4-2)16-22(28)26-14-11-20-19(12-15-29-20)23(26)17-7-9-18(24)10-8-17/h4,7-10,12,15,23H,2-3,5-6,11,13-14,16H2,1H3/t23-/m1/s1. The molecule has 0 unspecified atom stereocenters. The van der Waals surface area contributed by atoms with E-state index in [1.165, 1.54) is 17.0 Å². The number of thiophene rings is 1. The molecule has 0 spiro atoms. The number of carbonyl (C=O) groups is 2. The van der Waals surface area contributed by atoms with Gasteiger partial charge in [-0.05, 0) is 47.5 Å². The highest BCUT2D eigenvalue weighted by atomic mass is 32.1. The number of fused-ring (bicyclic) bond motifs is 1. The Labute approximate surface area is 175 Å². The summed E-state index contributed by atoms with van der Waals surface area (Å²) in [5.74, 6) is -0.416. The average molecular weight is 415 g/mol. The van der Waals surface area contributed by atoms with E-state index in [9.17, 15) is 14.0 Å². The van der Waals surface area contributed by atoms with Gasteiger partial charge in [0.05, 0.1) is 6.04 Å². The van der Waals surface area contributed by atoms with Crippen molar-refractivity contribution in [3.63, 3.8) is 0 Å². The zero-order valence-corrected chi connectivity index (χ0v) is 17.6. The fraction of sp³-hybridized carbons (Fsp3) is 0.391. The van der Waals surface area contributed by atoms with E-state index in [0.717, 1.165) is 30.4 Å². The van der Waals surface area contributed by atoms with Crippen molar-refractivity contribution in [1.29, 1.82) is 0 Å². The van der Waals surface area contributed by atoms with Gasteiger partial charge >= 0.3 is 0 Å². The Hall–Kier alpha value is -2.47. The molecule has 1 aromatic heterocycles. The van der Waals surface area contributed by atoms with Crippen molar-refractivity contribution in [3.05, 3.63) is 70.2 Å². The van der Waals surface area contributed by atoms with Gasteiger partial charge in [-0.15, -0.1) is 17.9 Å². The van der Waals surface area contributed by atoms with E-state index in [-0.39, 0.29) is 30.2 Å². The van der Waals surface area contributed by atoms with Gasteiger partial charge < -0.3 is 9.80 Å². The second-order valence-corrected chi connectivity index (χ2v) is 8.26. The van der Waals surface area contributed by atoms with E-state index < -0.39 is 0 Å². The van der Waals surface area contributed by atoms with Crippen molar-refractivity contribution in [1.82, 2.24) is 9.80 Å². The van der Waals surface area contributed by atoms with E-state index in [4.69, 9.17) is 0 Å². The van der Waals surface area contributed by atoms with Crippen molar-refractivity contribution < 1.29 is 14.0 Å². The first-order chi connectivity index (χ1) is 14.0. The molecule has 1 aliphatic heterocycles. The maximum absolute atomic E-state index is 13.5. The van der Waals surface area contributed by atoms with Crippen LogP contribution in [0.15, 0.2) is 48.4 Å². The molecule has 1 aromatic carbocycles. The van der Waals surface area contributed by atoms with Crippen LogP contribution in [0.4, 0.5) is 4.39 Å². The quantitative estimate of drug-likeness (QED) is 0.594. The number of benzene rings is 1. The number of hydrogen-bond donors (Lipinski definition) is 0. The molecule has 29 heavy (non-hydrogen) atoms. The van der Waals surface area contributed by atoms with Crippen LogP contribution >= 0.6 is 11.3 Å². The van der Waals surface area contributed by atoms with Crippen LogP contribution in [0.25, 0.3) is 0 Å². The first kappa shape index (κ1) is 21.2. The highest BCUT2D eigenvalue weighted by molar-refractivity contribution is 7.10. The predicted molar refractivity (Wildman–Crippen MR) is 114 cm³/mol. The molecule has 0 bridgehead atoms. The minimum Gasteiger partial charge on any atom is -0.330 e. The second kappa shape index (κ2) is 9.83. The zero-order chi connectivity index (χ0) is 20.8. The summed E-state index contributed by atoms with van der Waals surface area (Å²) in [5, 5.41) is 2.04. The first-order valence-corrected chi connectivity index (χ1v) is 10.9. The van der Waals surface area contributed by atoms with Crippen molar-refractivity contribution in [3.8, 4) is 0 Å². The smallest absolute Gasteiger partial charge is 0.243 e. The Morgan fingerprint density at radius 2 is 2.07 bits per heavy atom. The van der Waals surface area contributed by atoms with Gasteiger partial charge in [-0.3, -0.25) is 9.59 Å². The van der Waals surface area contributed by atoms with Gasteiger partial charge in [-0.2, -0.15) is 0 Å². The molecule has 0 radical (unpaired) electrons. The van der Waals surface area contributed by atoms with Gasteiger partial charge in [0.2, 0.25) is 11.8 Å². The first-order valence-electron chi connectivity index (χ1n) is 10.0. The summed E-state index contributed by atoms with van der Waals surface area (Å²) in [6.45, 7) is 6.73. The van der Waals surface area contributed by atoms with E-state index in [1.54, 1.807) is 34.4 Å². The van der Waals surface area contributed by atoms with Gasteiger partial charge in [0.25, 0.3) is 0 Å². The third-order valence-electron chi connectivity index (χ3n) is 5.24. The molecule has 4 nitrogen and oxygen atoms in total. The summed E-state index contributed by atoms with van der Waals surface area (Å²) >= 11 is 1.69. The number of halogens is 1. The normalized spacial score (nSPS) is 15.7. The Morgan fingerprint density at radius 3 is 2.76 bits per heavy atom. The molecule has 0 aliphatic carbocycles. The average Bonchev–Trinajstić information content (AvgIpc) is 3.20. The van der Waals surface area contributed by atoms with Crippen LogP contribution in [0, 0.1) is 5.82 Å². The molecule has 1 aliphatic rings. The highest BCUT2D eigenvalue weighted by Gasteiger charge is 2.33. The third-order valence-corrected chi connectivity index (χ3v) is 6.24. The second-order valence-electron chi connectivity index (χ2n) is 7.26. The lowest BCUT2D eigenvalue weighted by molar-refractivity contribution is -0.141. The molecule has 2 heterocycles. The third kappa shape index (κ3) is 4.93. The number of amides is 2. The lowest BCUT2D eigenvalue weighted by atomic mass is 9.93. The van der Waals surface area contributed by atoms with E-state index in [1.807, 2.05) is 23.3 Å². The molecule has 0 fully saturated rings. The van der Waals surface area contributed by atoms with Crippen LogP contribution in [0.3, 0.4) is 0 Å². The van der Waals surface area contributed by atoms with Crippen LogP contribution < -0.4 is 0 Å². The summed E-state index contributed by atoms with van der Waals surface area (Å²) in [5.41, 5.74) is 1.97. The van der Waals surface area contributed by atoms with Gasteiger partial charge in [-0.25, -0.2) is 4.39 Å². The summed E-state index contributed by atoms with van der Waals surface area (Å²) in [6.07, 6.45) is 4.62. The summed E-state index contributed by atoms with van der Waals surface area (Å²) < 4.78 is 13.5. The van der Waals surface area contributed by atoms with Crippen molar-refractivity contribution in [2.24, 2.45) is 0 Å². The van der Waals surface area contributed by atoms with Crippen LogP contribution in [0.5, 0.6) is 0 Å². The van der Waals surface area contributed by atoms with Gasteiger partial charge in [0.1, 0.15) is 12.4 Å². The Morgan fingerprint density at radius 1 is 1.31 bits per heavy atom. The molecule has 1 atom stereocenters. The van der Waals surface area contributed by atoms with Crippen LogP contribution in [0.1, 0.15) is 48.2 Å². The summed E-state index contributed by atoms with van der Waals surface area (Å²) in [7, 11) is 0. The van der Waals surface area contributed by atoms with Crippen molar-refractivity contribution >= 4 is 23.2 Å². The number of unbranched alkanes of at least 4 members (excludes halogenated alkanes) is 1. The topological polar surface area (TPSA) is 40.6 Å². The Balaban J connectivity index is 1.84. The molecule has 0 saturated carbocycles. The molecule has 3 rings (SSSR count). The maximum atomic E-state index is 13.5. The fourth-order valence-corrected chi connectivity index (χ4v) is 4.64. The van der Waals surface area contributed by atoms with Crippen molar-refractivity contribution in [2.45, 2.75) is 38.6 Å². The lowest BCUT2D eigenvalue weighted by Crippen LogP contribution is -2.46. The summed E-state index contributed by atoms with van der Waals surface area (Å²) in [4.78, 5) is 30.5. The molecule has 154 valence electrons. The lowest BCUT2D eigenvalue weighted by Gasteiger charge is -2.37. The number of hydrogen-bond acceptors (Lipinski definition) is 3. The van der Waals surface area contributed by atoms with E-state index in [0.29, 0.717) is 19.5 Å². The molecule has 2 amide bonds. The fourth-order valence-electron chi connectivity index (χ4n) is 3.74. The molecular weight excluding hydrogens is 387 g/mol. The molecule has 0 N–H and O–H groups in total. The minimum absolute atomic E-state index is 0.0216. The van der Waals surface area contributed by atoms with E-state index >= 15 is 0 Å². The number of rotatable bonds is 8. The number of nitrogens with zero attached hydrogens (tertiary/aromatic N) is 2. The Kier molecular flexibility index (Phi) is 7.20. The van der Waals surface area contributed by atoms with Gasteiger partial charge in [-0.1, -0.05) is 31.6 Å². The minimum atomic E-state index is -0.299. The van der Waals surface area contributed by atoms with Gasteiger partial charge in [0.15, 0.2) is 0 Å². The van der Waals surface area contributed by atoms with Crippen LogP contribution in [-0.2, 0) is 16.0 Å². The SMILES string of the molecule is C=CCN(CC(=O)N1CCc2sccc2[C@H]1c1ccc(F)cc1)C(=O)CCCC. The zero-order valence-electron chi connectivity index (χ0n) is 16.8. The molecule has 6 heteroatoms. The molecule has 0 saturated heterocycles. The van der Waals surface area contributed by atoms with Crippen LogP contribution in [0.2, 0.25) is 0 Å². The molecule has 2 aromatic rings. The van der Waals surface area contributed by atoms with Gasteiger partial charge in [0, 0.05) is 24.4 Å². The van der Waals surface area contributed by atoms with E-state index in [2.05, 4.69) is 6.58 Å². The van der Waals surface area contributed by atoms with Crippen molar-refractivity contribution in [2.75, 3.05) is 19.6 Å². The number of carbonyl (C=O) groups excluding carboxylic acids is 2. The monoisotopic (exact) mass is 414 g/mol. The highest BCUT2D eigenvalue weighted by Crippen LogP contribution is 2.37. The largest absolute Gasteiger partial charge is 0.330 e. The predicted octanol–water partition coefficient (Wildman–Crippen LogP) is 4.57.